The second-order valence-electron chi connectivity index (χ2n) is 7.53. The van der Waals surface area contributed by atoms with Gasteiger partial charge in [0.2, 0.25) is 0 Å². The van der Waals surface area contributed by atoms with Gasteiger partial charge in [-0.15, -0.1) is 0 Å². The number of rotatable bonds is 7. The number of benzene rings is 3. The molecule has 0 unspecified atom stereocenters. The predicted octanol–water partition coefficient (Wildman–Crippen LogP) is 6.58. The van der Waals surface area contributed by atoms with E-state index in [9.17, 15) is 4.79 Å². The average molecular weight is 478 g/mol. The zero-order valence-electron chi connectivity index (χ0n) is 19.0. The summed E-state index contributed by atoms with van der Waals surface area (Å²) in [6.45, 7) is 1.91. The molecule has 0 fully saturated rings. The van der Waals surface area contributed by atoms with Crippen LogP contribution in [0.4, 0.5) is 10.5 Å². The van der Waals surface area contributed by atoms with Crippen LogP contribution < -0.4 is 24.8 Å². The minimum Gasteiger partial charge on any atom is -0.493 e. The van der Waals surface area contributed by atoms with Crippen LogP contribution in [0.25, 0.3) is 10.9 Å². The maximum Gasteiger partial charge on any atom is 0.319 e. The summed E-state index contributed by atoms with van der Waals surface area (Å²) in [6, 6.07) is 19.4. The number of fused-ring (bicyclic) bond motifs is 1. The van der Waals surface area contributed by atoms with E-state index in [2.05, 4.69) is 15.6 Å². The summed E-state index contributed by atoms with van der Waals surface area (Å²) < 4.78 is 16.8. The van der Waals surface area contributed by atoms with Crippen LogP contribution in [-0.2, 0) is 0 Å². The molecule has 0 radical (unpaired) electrons. The first kappa shape index (κ1) is 23.2. The quantitative estimate of drug-likeness (QED) is 0.314. The van der Waals surface area contributed by atoms with Crippen molar-refractivity contribution in [1.82, 2.24) is 10.3 Å². The van der Waals surface area contributed by atoms with Crippen molar-refractivity contribution in [3.63, 3.8) is 0 Å². The molecule has 0 saturated heterocycles. The Kier molecular flexibility index (Phi) is 7.04. The monoisotopic (exact) mass is 477 g/mol. The van der Waals surface area contributed by atoms with Crippen molar-refractivity contribution < 1.29 is 19.0 Å². The molecular weight excluding hydrogens is 454 g/mol. The third kappa shape index (κ3) is 5.32. The molecule has 1 aromatic heterocycles. The SMILES string of the molecule is COc1cc2nccc(Oc3ccc(NC(=O)N[C@H](C)c4ccc(Cl)cc4)cc3)c2cc1OC. The van der Waals surface area contributed by atoms with Crippen LogP contribution >= 0.6 is 11.6 Å². The number of nitrogens with one attached hydrogen (secondary N) is 2. The Bertz CT molecular complexity index is 1290. The summed E-state index contributed by atoms with van der Waals surface area (Å²) in [6.07, 6.45) is 1.67. The molecule has 0 spiro atoms. The maximum atomic E-state index is 12.4. The molecular formula is C26H24ClN3O4. The van der Waals surface area contributed by atoms with Crippen LogP contribution in [-0.4, -0.2) is 25.2 Å². The van der Waals surface area contributed by atoms with E-state index < -0.39 is 0 Å². The van der Waals surface area contributed by atoms with Gasteiger partial charge in [0.25, 0.3) is 0 Å². The normalized spacial score (nSPS) is 11.5. The number of methoxy groups -OCH3 is 2. The van der Waals surface area contributed by atoms with Gasteiger partial charge in [-0.25, -0.2) is 4.79 Å². The van der Waals surface area contributed by atoms with Crippen molar-refractivity contribution in [2.75, 3.05) is 19.5 Å². The van der Waals surface area contributed by atoms with E-state index in [1.165, 1.54) is 0 Å². The molecule has 0 aliphatic heterocycles. The number of pyridine rings is 1. The van der Waals surface area contributed by atoms with Crippen molar-refractivity contribution in [2.24, 2.45) is 0 Å². The molecule has 1 atom stereocenters. The fourth-order valence-electron chi connectivity index (χ4n) is 3.47. The van der Waals surface area contributed by atoms with Crippen LogP contribution in [0.15, 0.2) is 72.9 Å². The third-order valence-electron chi connectivity index (χ3n) is 5.26. The van der Waals surface area contributed by atoms with E-state index in [0.717, 1.165) is 16.5 Å². The first-order valence-electron chi connectivity index (χ1n) is 10.6. The smallest absolute Gasteiger partial charge is 0.319 e. The molecule has 7 nitrogen and oxygen atoms in total. The lowest BCUT2D eigenvalue weighted by molar-refractivity contribution is 0.249. The van der Waals surface area contributed by atoms with Gasteiger partial charge < -0.3 is 24.8 Å². The summed E-state index contributed by atoms with van der Waals surface area (Å²) in [7, 11) is 3.16. The standard InChI is InChI=1S/C26H24ClN3O4/c1-16(17-4-6-18(27)7-5-17)29-26(31)30-19-8-10-20(11-9-19)34-23-12-13-28-22-15-25(33-3)24(32-2)14-21(22)23/h4-16H,1-3H3,(H2,29,30,31)/t16-/m1/s1. The largest absolute Gasteiger partial charge is 0.493 e. The number of carbonyl (C=O) groups excluding carboxylic acids is 1. The van der Waals surface area contributed by atoms with Gasteiger partial charge in [-0.1, -0.05) is 23.7 Å². The fourth-order valence-corrected chi connectivity index (χ4v) is 3.59. The fraction of sp³-hybridized carbons (Fsp3) is 0.154. The summed E-state index contributed by atoms with van der Waals surface area (Å²) in [5, 5.41) is 7.18. The number of amides is 2. The first-order valence-corrected chi connectivity index (χ1v) is 11.0. The van der Waals surface area contributed by atoms with Gasteiger partial charge in [0.15, 0.2) is 11.5 Å². The highest BCUT2D eigenvalue weighted by Crippen LogP contribution is 2.37. The summed E-state index contributed by atoms with van der Waals surface area (Å²) in [5.41, 5.74) is 2.32. The number of nitrogens with zero attached hydrogens (tertiary/aromatic N) is 1. The van der Waals surface area contributed by atoms with Crippen LogP contribution in [0.3, 0.4) is 0 Å². The van der Waals surface area contributed by atoms with Crippen LogP contribution in [0.5, 0.6) is 23.0 Å². The number of ether oxygens (including phenoxy) is 3. The minimum atomic E-state index is -0.308. The highest BCUT2D eigenvalue weighted by Gasteiger charge is 2.12. The topological polar surface area (TPSA) is 81.7 Å². The Morgan fingerprint density at radius 2 is 1.59 bits per heavy atom. The molecule has 0 aliphatic rings. The number of halogens is 1. The van der Waals surface area contributed by atoms with Gasteiger partial charge >= 0.3 is 6.03 Å². The Morgan fingerprint density at radius 1 is 0.912 bits per heavy atom. The average Bonchev–Trinajstić information content (AvgIpc) is 2.84. The highest BCUT2D eigenvalue weighted by atomic mass is 35.5. The number of aromatic nitrogens is 1. The predicted molar refractivity (Wildman–Crippen MR) is 133 cm³/mol. The Labute approximate surface area is 202 Å². The van der Waals surface area contributed by atoms with E-state index in [1.54, 1.807) is 68.9 Å². The van der Waals surface area contributed by atoms with Gasteiger partial charge in [0.05, 0.1) is 25.8 Å². The summed E-state index contributed by atoms with van der Waals surface area (Å²) in [4.78, 5) is 16.8. The molecule has 4 rings (SSSR count). The summed E-state index contributed by atoms with van der Waals surface area (Å²) >= 11 is 5.92. The molecule has 1 heterocycles. The number of anilines is 1. The first-order chi connectivity index (χ1) is 16.5. The Balaban J connectivity index is 1.43. The van der Waals surface area contributed by atoms with E-state index in [4.69, 9.17) is 25.8 Å². The third-order valence-corrected chi connectivity index (χ3v) is 5.52. The van der Waals surface area contributed by atoms with Crippen molar-refractivity contribution in [1.29, 1.82) is 0 Å². The number of hydrogen-bond acceptors (Lipinski definition) is 5. The lowest BCUT2D eigenvalue weighted by Crippen LogP contribution is -2.31. The lowest BCUT2D eigenvalue weighted by Gasteiger charge is -2.15. The van der Waals surface area contributed by atoms with E-state index in [1.807, 2.05) is 25.1 Å². The number of urea groups is 1. The van der Waals surface area contributed by atoms with E-state index in [-0.39, 0.29) is 12.1 Å². The number of carbonyl (C=O) groups is 1. The van der Waals surface area contributed by atoms with Crippen LogP contribution in [0, 0.1) is 0 Å². The molecule has 0 saturated carbocycles. The van der Waals surface area contributed by atoms with E-state index >= 15 is 0 Å². The van der Waals surface area contributed by atoms with Gasteiger partial charge in [0.1, 0.15) is 11.5 Å². The molecule has 8 heteroatoms. The number of hydrogen-bond donors (Lipinski definition) is 2. The second kappa shape index (κ2) is 10.3. The zero-order valence-corrected chi connectivity index (χ0v) is 19.7. The molecule has 4 aromatic rings. The molecule has 0 bridgehead atoms. The van der Waals surface area contributed by atoms with Crippen molar-refractivity contribution in [3.8, 4) is 23.0 Å². The van der Waals surface area contributed by atoms with Gasteiger partial charge in [-0.2, -0.15) is 0 Å². The van der Waals surface area contributed by atoms with Crippen molar-refractivity contribution in [3.05, 3.63) is 83.5 Å². The molecule has 3 aromatic carbocycles. The minimum absolute atomic E-state index is 0.171. The van der Waals surface area contributed by atoms with E-state index in [0.29, 0.717) is 33.7 Å². The van der Waals surface area contributed by atoms with Crippen LogP contribution in [0.1, 0.15) is 18.5 Å². The highest BCUT2D eigenvalue weighted by molar-refractivity contribution is 6.30. The van der Waals surface area contributed by atoms with Crippen molar-refractivity contribution in [2.45, 2.75) is 13.0 Å². The van der Waals surface area contributed by atoms with Crippen LogP contribution in [0.2, 0.25) is 5.02 Å². The van der Waals surface area contributed by atoms with Crippen molar-refractivity contribution >= 4 is 34.2 Å². The zero-order chi connectivity index (χ0) is 24.1. The molecule has 34 heavy (non-hydrogen) atoms. The molecule has 2 N–H and O–H groups in total. The van der Waals surface area contributed by atoms with Gasteiger partial charge in [0, 0.05) is 28.4 Å². The second-order valence-corrected chi connectivity index (χ2v) is 7.97. The van der Waals surface area contributed by atoms with Gasteiger partial charge in [-0.3, -0.25) is 4.98 Å². The Morgan fingerprint density at radius 3 is 2.26 bits per heavy atom. The molecule has 0 aliphatic carbocycles. The lowest BCUT2D eigenvalue weighted by atomic mass is 10.1. The summed E-state index contributed by atoms with van der Waals surface area (Å²) in [5.74, 6) is 2.42. The molecule has 2 amide bonds. The Hall–Kier alpha value is -3.97. The molecule has 174 valence electrons. The maximum absolute atomic E-state index is 12.4. The van der Waals surface area contributed by atoms with Gasteiger partial charge in [-0.05, 0) is 61.0 Å².